The van der Waals surface area contributed by atoms with Crippen molar-refractivity contribution >= 4 is 6.21 Å². The van der Waals surface area contributed by atoms with Crippen molar-refractivity contribution in [3.63, 3.8) is 0 Å². The van der Waals surface area contributed by atoms with Gasteiger partial charge in [-0.25, -0.2) is 0 Å². The van der Waals surface area contributed by atoms with Gasteiger partial charge in [0.25, 0.3) is 0 Å². The maximum absolute atomic E-state index is 3.79. The van der Waals surface area contributed by atoms with Crippen LogP contribution in [0.3, 0.4) is 0 Å². The van der Waals surface area contributed by atoms with Crippen LogP contribution in [0.2, 0.25) is 0 Å². The van der Waals surface area contributed by atoms with Crippen LogP contribution in [0.4, 0.5) is 0 Å². The van der Waals surface area contributed by atoms with Gasteiger partial charge in [-0.1, -0.05) is 0 Å². The molecule has 0 amide bonds. The summed E-state index contributed by atoms with van der Waals surface area (Å²) in [5.41, 5.74) is 0. The fraction of sp³-hybridized carbons (Fsp3) is 0.400. The molecule has 0 saturated carbocycles. The third kappa shape index (κ3) is 5.21. The van der Waals surface area contributed by atoms with Gasteiger partial charge in [-0.15, -0.1) is 0 Å². The normalized spacial score (nSPS) is 11.1. The molecule has 2 nitrogen and oxygen atoms in total. The molecule has 0 fully saturated rings. The molecule has 0 aromatic rings. The molecule has 0 aliphatic heterocycles. The molecule has 0 spiro atoms. The maximum atomic E-state index is 3.79. The predicted molar refractivity (Wildman–Crippen MR) is 32.4 cm³/mol. The number of nitrogens with one attached hydrogen (secondary N) is 1. The molecule has 0 rings (SSSR count). The minimum absolute atomic E-state index is 1.69. The molecule has 40 valence electrons. The van der Waals surface area contributed by atoms with Gasteiger partial charge in [0, 0.05) is 25.7 Å². The van der Waals surface area contributed by atoms with E-state index in [-0.39, 0.29) is 0 Å². The molecule has 0 unspecified atom stereocenters. The van der Waals surface area contributed by atoms with E-state index in [0.29, 0.717) is 0 Å². The highest BCUT2D eigenvalue weighted by Gasteiger charge is 1.54. The molecule has 0 aromatic heterocycles. The van der Waals surface area contributed by atoms with Gasteiger partial charge < -0.3 is 5.32 Å². The molecule has 0 heterocycles. The summed E-state index contributed by atoms with van der Waals surface area (Å²) in [5.74, 6) is 0. The van der Waals surface area contributed by atoms with Gasteiger partial charge in [-0.2, -0.15) is 0 Å². The molecule has 0 aliphatic carbocycles. The average molecular weight is 98.1 g/mol. The topological polar surface area (TPSA) is 24.4 Å². The molecular weight excluding hydrogens is 88.1 g/mol. The van der Waals surface area contributed by atoms with Gasteiger partial charge in [-0.3, -0.25) is 4.99 Å². The van der Waals surface area contributed by atoms with Crippen molar-refractivity contribution in [2.75, 3.05) is 7.05 Å². The monoisotopic (exact) mass is 98.1 g/mol. The Kier molecular flexibility index (Phi) is 4.62. The molecular formula is C5H10N2. The molecule has 1 N–H and O–H groups in total. The van der Waals surface area contributed by atoms with E-state index in [1.54, 1.807) is 18.6 Å². The molecule has 0 aromatic carbocycles. The van der Waals surface area contributed by atoms with Gasteiger partial charge in [-0.05, 0) is 6.92 Å². The zero-order valence-corrected chi connectivity index (χ0v) is 4.68. The summed E-state index contributed by atoms with van der Waals surface area (Å²) in [5, 5.41) is 2.81. The zero-order valence-electron chi connectivity index (χ0n) is 4.68. The highest BCUT2D eigenvalue weighted by Crippen LogP contribution is 1.64. The van der Waals surface area contributed by atoms with E-state index in [4.69, 9.17) is 0 Å². The fourth-order valence-corrected chi connectivity index (χ4v) is 0.204. The van der Waals surface area contributed by atoms with Crippen LogP contribution in [0.1, 0.15) is 6.92 Å². The van der Waals surface area contributed by atoms with Crippen molar-refractivity contribution in [2.45, 2.75) is 6.92 Å². The second-order valence-corrected chi connectivity index (χ2v) is 1.01. The number of aliphatic imine (C=N–C) groups is 1. The second kappa shape index (κ2) is 5.21. The molecule has 0 saturated heterocycles. The quantitative estimate of drug-likeness (QED) is 0.507. The van der Waals surface area contributed by atoms with E-state index in [1.807, 2.05) is 14.0 Å². The lowest BCUT2D eigenvalue weighted by atomic mass is 10.8. The lowest BCUT2D eigenvalue weighted by Crippen LogP contribution is -1.89. The zero-order chi connectivity index (χ0) is 5.54. The van der Waals surface area contributed by atoms with E-state index >= 15 is 0 Å². The Bertz CT molecular complexity index is 74.1. The van der Waals surface area contributed by atoms with Gasteiger partial charge in [0.2, 0.25) is 0 Å². The number of nitrogens with zero attached hydrogens (tertiary/aromatic N) is 1. The summed E-state index contributed by atoms with van der Waals surface area (Å²) in [6.07, 6.45) is 5.19. The first-order valence-electron chi connectivity index (χ1n) is 2.22. The van der Waals surface area contributed by atoms with Crippen molar-refractivity contribution in [1.82, 2.24) is 5.32 Å². The molecule has 0 atom stereocenters. The third-order valence-corrected chi connectivity index (χ3v) is 0.476. The largest absolute Gasteiger partial charge is 0.393 e. The van der Waals surface area contributed by atoms with E-state index in [1.165, 1.54) is 0 Å². The number of hydrogen-bond donors (Lipinski definition) is 1. The summed E-state index contributed by atoms with van der Waals surface area (Å²) in [6, 6.07) is 0. The summed E-state index contributed by atoms with van der Waals surface area (Å²) in [4.78, 5) is 3.79. The van der Waals surface area contributed by atoms with Gasteiger partial charge in [0.1, 0.15) is 0 Å². The summed E-state index contributed by atoms with van der Waals surface area (Å²) in [6.45, 7) is 1.88. The lowest BCUT2D eigenvalue weighted by Gasteiger charge is -1.77. The molecule has 2 heteroatoms. The van der Waals surface area contributed by atoms with Crippen LogP contribution in [-0.2, 0) is 0 Å². The number of rotatable bonds is 2. The summed E-state index contributed by atoms with van der Waals surface area (Å²) in [7, 11) is 1.84. The van der Waals surface area contributed by atoms with Gasteiger partial charge in [0.15, 0.2) is 0 Å². The first-order valence-corrected chi connectivity index (χ1v) is 2.22. The van der Waals surface area contributed by atoms with Crippen molar-refractivity contribution in [1.29, 1.82) is 0 Å². The SMILES string of the molecule is C/C=N/C=C\NC. The standard InChI is InChI=1S/C5H10N2/c1-3-7-5-4-6-2/h3-6H,1-2H3/b5-4-,7-3+. The summed E-state index contributed by atoms with van der Waals surface area (Å²) >= 11 is 0. The Morgan fingerprint density at radius 2 is 2.29 bits per heavy atom. The molecule has 7 heavy (non-hydrogen) atoms. The van der Waals surface area contributed by atoms with Gasteiger partial charge in [0.05, 0.1) is 0 Å². The van der Waals surface area contributed by atoms with Crippen molar-refractivity contribution < 1.29 is 0 Å². The van der Waals surface area contributed by atoms with E-state index in [2.05, 4.69) is 10.3 Å². The van der Waals surface area contributed by atoms with Crippen molar-refractivity contribution in [3.8, 4) is 0 Å². The summed E-state index contributed by atoms with van der Waals surface area (Å²) < 4.78 is 0. The first-order chi connectivity index (χ1) is 3.41. The van der Waals surface area contributed by atoms with Crippen LogP contribution in [0.25, 0.3) is 0 Å². The average Bonchev–Trinajstić information content (AvgIpc) is 1.69. The van der Waals surface area contributed by atoms with Crippen LogP contribution in [-0.4, -0.2) is 13.3 Å². The lowest BCUT2D eigenvalue weighted by molar-refractivity contribution is 1.09. The predicted octanol–water partition coefficient (Wildman–Crippen LogP) is 0.768. The molecule has 0 aliphatic rings. The van der Waals surface area contributed by atoms with Crippen LogP contribution in [0.15, 0.2) is 17.4 Å². The van der Waals surface area contributed by atoms with Crippen LogP contribution < -0.4 is 5.32 Å². The maximum Gasteiger partial charge on any atom is 0.0420 e. The Labute approximate surface area is 44.0 Å². The van der Waals surface area contributed by atoms with E-state index in [0.717, 1.165) is 0 Å². The highest BCUT2D eigenvalue weighted by molar-refractivity contribution is 5.54. The van der Waals surface area contributed by atoms with Crippen LogP contribution in [0, 0.1) is 0 Å². The smallest absolute Gasteiger partial charge is 0.0420 e. The molecule has 0 bridgehead atoms. The Balaban J connectivity index is 3.09. The van der Waals surface area contributed by atoms with E-state index in [9.17, 15) is 0 Å². The van der Waals surface area contributed by atoms with Gasteiger partial charge >= 0.3 is 0 Å². The number of hydrogen-bond acceptors (Lipinski definition) is 2. The molecule has 0 radical (unpaired) electrons. The minimum Gasteiger partial charge on any atom is -0.393 e. The fourth-order valence-electron chi connectivity index (χ4n) is 0.204. The Morgan fingerprint density at radius 3 is 2.71 bits per heavy atom. The van der Waals surface area contributed by atoms with Crippen molar-refractivity contribution in [3.05, 3.63) is 12.4 Å². The van der Waals surface area contributed by atoms with E-state index < -0.39 is 0 Å². The third-order valence-electron chi connectivity index (χ3n) is 0.476. The minimum atomic E-state index is 1.69. The second-order valence-electron chi connectivity index (χ2n) is 1.01. The van der Waals surface area contributed by atoms with Crippen LogP contribution in [0.5, 0.6) is 0 Å². The Morgan fingerprint density at radius 1 is 1.57 bits per heavy atom. The van der Waals surface area contributed by atoms with Crippen LogP contribution >= 0.6 is 0 Å². The Hall–Kier alpha value is -0.790. The van der Waals surface area contributed by atoms with Crippen molar-refractivity contribution in [2.24, 2.45) is 4.99 Å². The first kappa shape index (κ1) is 6.21. The highest BCUT2D eigenvalue weighted by atomic mass is 14.8.